The Labute approximate surface area is 181 Å². The number of anilines is 2. The first-order valence-electron chi connectivity index (χ1n) is 9.29. The van der Waals surface area contributed by atoms with Gasteiger partial charge in [-0.2, -0.15) is 4.98 Å². The molecule has 1 amide bonds. The normalized spacial score (nSPS) is 14.2. The fourth-order valence-corrected chi connectivity index (χ4v) is 4.29. The lowest BCUT2D eigenvalue weighted by molar-refractivity contribution is -0.116. The first-order chi connectivity index (χ1) is 14.5. The third-order valence-electron chi connectivity index (χ3n) is 4.72. The summed E-state index contributed by atoms with van der Waals surface area (Å²) in [4.78, 5) is 36.2. The Morgan fingerprint density at radius 1 is 1.37 bits per heavy atom. The van der Waals surface area contributed by atoms with Crippen LogP contribution in [0, 0.1) is 6.92 Å². The van der Waals surface area contributed by atoms with Gasteiger partial charge in [0.05, 0.1) is 26.0 Å². The van der Waals surface area contributed by atoms with Crippen LogP contribution in [0.2, 0.25) is 5.02 Å². The Kier molecular flexibility index (Phi) is 5.89. The predicted molar refractivity (Wildman–Crippen MR) is 116 cm³/mol. The van der Waals surface area contributed by atoms with Crippen LogP contribution in [0.1, 0.15) is 5.56 Å². The van der Waals surface area contributed by atoms with Crippen LogP contribution in [0.15, 0.2) is 23.3 Å². The molecule has 0 aliphatic carbocycles. The van der Waals surface area contributed by atoms with E-state index < -0.39 is 0 Å². The number of rotatable bonds is 5. The van der Waals surface area contributed by atoms with E-state index in [1.165, 1.54) is 29.3 Å². The van der Waals surface area contributed by atoms with Gasteiger partial charge in [-0.3, -0.25) is 14.2 Å². The Bertz CT molecular complexity index is 1160. The van der Waals surface area contributed by atoms with Crippen LogP contribution < -0.4 is 20.5 Å². The summed E-state index contributed by atoms with van der Waals surface area (Å²) < 4.78 is 12.3. The molecule has 3 aromatic rings. The molecule has 30 heavy (non-hydrogen) atoms. The average molecular weight is 450 g/mol. The maximum Gasteiger partial charge on any atom is 0.273 e. The van der Waals surface area contributed by atoms with Crippen LogP contribution in [-0.4, -0.2) is 53.9 Å². The summed E-state index contributed by atoms with van der Waals surface area (Å²) in [7, 11) is 1.49. The zero-order valence-electron chi connectivity index (χ0n) is 16.5. The molecule has 0 saturated carbocycles. The van der Waals surface area contributed by atoms with E-state index in [4.69, 9.17) is 21.1 Å². The van der Waals surface area contributed by atoms with E-state index in [9.17, 15) is 9.59 Å². The van der Waals surface area contributed by atoms with Crippen LogP contribution in [0.5, 0.6) is 5.75 Å². The van der Waals surface area contributed by atoms with Gasteiger partial charge in [0.15, 0.2) is 10.8 Å². The maximum absolute atomic E-state index is 12.9. The van der Waals surface area contributed by atoms with Gasteiger partial charge in [-0.05, 0) is 18.6 Å². The van der Waals surface area contributed by atoms with Gasteiger partial charge in [-0.15, -0.1) is 0 Å². The van der Waals surface area contributed by atoms with Crippen molar-refractivity contribution in [2.45, 2.75) is 13.5 Å². The van der Waals surface area contributed by atoms with Crippen LogP contribution in [-0.2, 0) is 16.1 Å². The zero-order chi connectivity index (χ0) is 21.3. The molecule has 0 spiro atoms. The van der Waals surface area contributed by atoms with E-state index in [0.29, 0.717) is 40.0 Å². The minimum atomic E-state index is -0.379. The highest BCUT2D eigenvalue weighted by Gasteiger charge is 2.19. The molecule has 1 aliphatic heterocycles. The van der Waals surface area contributed by atoms with Crippen LogP contribution in [0.3, 0.4) is 0 Å². The summed E-state index contributed by atoms with van der Waals surface area (Å²) in [6.45, 7) is 4.34. The minimum Gasteiger partial charge on any atom is -0.495 e. The first-order valence-corrected chi connectivity index (χ1v) is 10.5. The van der Waals surface area contributed by atoms with E-state index in [-0.39, 0.29) is 18.0 Å². The van der Waals surface area contributed by atoms with Gasteiger partial charge < -0.3 is 19.7 Å². The number of aromatic nitrogens is 3. The second kappa shape index (κ2) is 8.58. The first kappa shape index (κ1) is 20.6. The van der Waals surface area contributed by atoms with Gasteiger partial charge in [0.25, 0.3) is 5.56 Å². The summed E-state index contributed by atoms with van der Waals surface area (Å²) in [5.41, 5.74) is 1.37. The second-order valence-corrected chi connectivity index (χ2v) is 8.16. The molecule has 4 rings (SSSR count). The van der Waals surface area contributed by atoms with E-state index >= 15 is 0 Å². The van der Waals surface area contributed by atoms with Gasteiger partial charge in [0, 0.05) is 24.2 Å². The van der Waals surface area contributed by atoms with Gasteiger partial charge in [-0.25, -0.2) is 4.98 Å². The number of thiazole rings is 1. The number of nitrogens with one attached hydrogen (secondary N) is 1. The third-order valence-corrected chi connectivity index (χ3v) is 6.22. The van der Waals surface area contributed by atoms with Crippen molar-refractivity contribution in [1.82, 2.24) is 14.5 Å². The summed E-state index contributed by atoms with van der Waals surface area (Å²) in [5.74, 6) is 0.0636. The Balaban J connectivity index is 1.55. The second-order valence-electron chi connectivity index (χ2n) is 6.78. The number of aryl methyl sites for hydroxylation is 1. The number of methoxy groups -OCH3 is 1. The number of fused-ring (bicyclic) bond motifs is 1. The smallest absolute Gasteiger partial charge is 0.273 e. The van der Waals surface area contributed by atoms with Crippen LogP contribution >= 0.6 is 22.9 Å². The highest BCUT2D eigenvalue weighted by Crippen LogP contribution is 2.31. The van der Waals surface area contributed by atoms with E-state index in [2.05, 4.69) is 20.2 Å². The number of carbonyl (C=O) groups is 1. The van der Waals surface area contributed by atoms with Crippen molar-refractivity contribution < 1.29 is 14.3 Å². The monoisotopic (exact) mass is 449 g/mol. The number of nitrogens with zero attached hydrogens (tertiary/aromatic N) is 4. The van der Waals surface area contributed by atoms with Crippen molar-refractivity contribution >= 4 is 50.0 Å². The molecule has 1 saturated heterocycles. The summed E-state index contributed by atoms with van der Waals surface area (Å²) in [6.07, 6.45) is 1.34. The van der Waals surface area contributed by atoms with Crippen molar-refractivity contribution in [3.05, 3.63) is 39.4 Å². The zero-order valence-corrected chi connectivity index (χ0v) is 18.0. The molecule has 0 bridgehead atoms. The largest absolute Gasteiger partial charge is 0.495 e. The predicted octanol–water partition coefficient (Wildman–Crippen LogP) is 2.30. The summed E-state index contributed by atoms with van der Waals surface area (Å²) in [5, 5.41) is 4.04. The number of halogens is 1. The molecule has 158 valence electrons. The fraction of sp³-hybridized carbons (Fsp3) is 0.368. The summed E-state index contributed by atoms with van der Waals surface area (Å²) in [6, 6.07) is 3.36. The quantitative estimate of drug-likeness (QED) is 0.638. The van der Waals surface area contributed by atoms with Crippen molar-refractivity contribution in [3.8, 4) is 5.75 Å². The average Bonchev–Trinajstić information content (AvgIpc) is 3.18. The Hall–Kier alpha value is -2.69. The minimum absolute atomic E-state index is 0.183. The van der Waals surface area contributed by atoms with E-state index in [0.717, 1.165) is 23.8 Å². The lowest BCUT2D eigenvalue weighted by Crippen LogP contribution is -2.36. The fourth-order valence-electron chi connectivity index (χ4n) is 3.11. The van der Waals surface area contributed by atoms with Gasteiger partial charge in [0.2, 0.25) is 5.91 Å². The Morgan fingerprint density at radius 2 is 2.13 bits per heavy atom. The highest BCUT2D eigenvalue weighted by molar-refractivity contribution is 7.22. The van der Waals surface area contributed by atoms with E-state index in [1.54, 1.807) is 12.1 Å². The number of ether oxygens (including phenoxy) is 2. The molecule has 11 heteroatoms. The molecular formula is C19H20ClN5O4S. The van der Waals surface area contributed by atoms with Crippen molar-refractivity contribution in [2.75, 3.05) is 43.6 Å². The molecule has 1 N–H and O–H groups in total. The molecule has 0 radical (unpaired) electrons. The molecule has 3 heterocycles. The lowest BCUT2D eigenvalue weighted by Gasteiger charge is -2.25. The molecule has 2 aromatic heterocycles. The van der Waals surface area contributed by atoms with Crippen molar-refractivity contribution in [3.63, 3.8) is 0 Å². The molecule has 0 unspecified atom stereocenters. The molecular weight excluding hydrogens is 430 g/mol. The van der Waals surface area contributed by atoms with E-state index in [1.807, 2.05) is 6.92 Å². The van der Waals surface area contributed by atoms with Crippen LogP contribution in [0.25, 0.3) is 10.3 Å². The molecule has 9 nitrogen and oxygen atoms in total. The topological polar surface area (TPSA) is 98.6 Å². The number of hydrogen-bond donors (Lipinski definition) is 1. The number of morpholine rings is 1. The summed E-state index contributed by atoms with van der Waals surface area (Å²) >= 11 is 7.39. The highest BCUT2D eigenvalue weighted by atomic mass is 35.5. The number of hydrogen-bond acceptors (Lipinski definition) is 8. The standard InChI is InChI=1S/C19H20ClN5O4S/c1-11-7-13(14(28-2)8-12(11)20)22-15(26)9-25-10-21-17-16(18(25)27)30-19(23-17)24-3-5-29-6-4-24/h7-8,10H,3-6,9H2,1-2H3,(H,22,26). The molecule has 1 fully saturated rings. The maximum atomic E-state index is 12.9. The number of amides is 1. The molecule has 1 aliphatic rings. The van der Waals surface area contributed by atoms with Crippen LogP contribution in [0.4, 0.5) is 10.8 Å². The lowest BCUT2D eigenvalue weighted by atomic mass is 10.2. The van der Waals surface area contributed by atoms with Gasteiger partial charge in [-0.1, -0.05) is 22.9 Å². The Morgan fingerprint density at radius 3 is 2.87 bits per heavy atom. The van der Waals surface area contributed by atoms with Gasteiger partial charge in [0.1, 0.15) is 23.3 Å². The SMILES string of the molecule is COc1cc(Cl)c(C)cc1NC(=O)Cn1cnc2nc(N3CCOCC3)sc2c1=O. The van der Waals surface area contributed by atoms with Crippen molar-refractivity contribution in [1.29, 1.82) is 0 Å². The van der Waals surface area contributed by atoms with Gasteiger partial charge >= 0.3 is 0 Å². The molecule has 1 aromatic carbocycles. The number of benzene rings is 1. The van der Waals surface area contributed by atoms with Crippen molar-refractivity contribution in [2.24, 2.45) is 0 Å². The molecule has 0 atom stereocenters. The third kappa shape index (κ3) is 4.11. The number of carbonyl (C=O) groups excluding carboxylic acids is 1.